The van der Waals surface area contributed by atoms with Crippen molar-refractivity contribution in [3.63, 3.8) is 0 Å². The molecule has 4 aromatic rings. The first kappa shape index (κ1) is 22.4. The molecule has 0 bridgehead atoms. The molecule has 0 saturated carbocycles. The fourth-order valence-corrected chi connectivity index (χ4v) is 4.33. The summed E-state index contributed by atoms with van der Waals surface area (Å²) in [6, 6.07) is 10.4. The van der Waals surface area contributed by atoms with Crippen molar-refractivity contribution in [1.29, 1.82) is 0 Å². The second-order valence-corrected chi connectivity index (χ2v) is 9.21. The van der Waals surface area contributed by atoms with E-state index >= 15 is 0 Å². The van der Waals surface area contributed by atoms with E-state index in [1.165, 1.54) is 11.5 Å². The van der Waals surface area contributed by atoms with Crippen LogP contribution in [0.1, 0.15) is 11.3 Å². The Hall–Kier alpha value is -3.80. The number of imidazole rings is 1. The summed E-state index contributed by atoms with van der Waals surface area (Å²) < 4.78 is 63.6. The predicted octanol–water partition coefficient (Wildman–Crippen LogP) is 3.13. The number of halogens is 3. The van der Waals surface area contributed by atoms with Crippen LogP contribution in [0.4, 0.5) is 18.9 Å². The molecular weight excluding hydrogens is 461 g/mol. The molecule has 0 saturated heterocycles. The van der Waals surface area contributed by atoms with Gasteiger partial charge < -0.3 is 10.8 Å². The van der Waals surface area contributed by atoms with Gasteiger partial charge in [0.25, 0.3) is 9.84 Å². The fraction of sp³-hybridized carbons (Fsp3) is 0.143. The summed E-state index contributed by atoms with van der Waals surface area (Å²) in [5.41, 5.74) is 1.92. The topological polar surface area (TPSA) is 120 Å². The van der Waals surface area contributed by atoms with Crippen molar-refractivity contribution in [1.82, 2.24) is 14.1 Å². The highest BCUT2D eigenvalue weighted by atomic mass is 32.2. The zero-order valence-electron chi connectivity index (χ0n) is 17.0. The molecule has 0 unspecified atom stereocenters. The molecule has 0 atom stereocenters. The fourth-order valence-electron chi connectivity index (χ4n) is 3.57. The number of sulfone groups is 1. The van der Waals surface area contributed by atoms with Crippen LogP contribution in [-0.4, -0.2) is 33.2 Å². The minimum absolute atomic E-state index is 0.000394. The van der Waals surface area contributed by atoms with E-state index in [9.17, 15) is 31.5 Å². The van der Waals surface area contributed by atoms with E-state index in [2.05, 4.69) is 4.98 Å². The average molecular weight is 478 g/mol. The minimum atomic E-state index is -5.54. The number of rotatable bonds is 4. The van der Waals surface area contributed by atoms with Crippen LogP contribution in [0.2, 0.25) is 0 Å². The van der Waals surface area contributed by atoms with Crippen LogP contribution in [0.5, 0.6) is 5.88 Å². The van der Waals surface area contributed by atoms with Gasteiger partial charge in [-0.3, -0.25) is 9.55 Å². The SMILES string of the molecule is Cc1c(O)n(-c2ccc(S(=O)(=O)C(F)(F)F)cc2)c(=O)n1Cc1ccnc2cccc(N)c12. The lowest BCUT2D eigenvalue weighted by Gasteiger charge is -2.10. The summed E-state index contributed by atoms with van der Waals surface area (Å²) in [6.45, 7) is 1.54. The van der Waals surface area contributed by atoms with E-state index in [0.717, 1.165) is 28.8 Å². The number of nitrogens with two attached hydrogens (primary N) is 1. The molecule has 0 spiro atoms. The monoisotopic (exact) mass is 478 g/mol. The summed E-state index contributed by atoms with van der Waals surface area (Å²) >= 11 is 0. The van der Waals surface area contributed by atoms with Crippen LogP contribution in [0, 0.1) is 6.92 Å². The maximum Gasteiger partial charge on any atom is 0.501 e. The molecule has 12 heteroatoms. The number of nitrogen functional groups attached to an aromatic ring is 1. The lowest BCUT2D eigenvalue weighted by Crippen LogP contribution is -2.25. The molecule has 0 fully saturated rings. The Balaban J connectivity index is 1.79. The zero-order chi connectivity index (χ0) is 24.1. The van der Waals surface area contributed by atoms with Gasteiger partial charge in [-0.2, -0.15) is 13.2 Å². The lowest BCUT2D eigenvalue weighted by molar-refractivity contribution is -0.0436. The van der Waals surface area contributed by atoms with Gasteiger partial charge in [0.1, 0.15) is 0 Å². The Kier molecular flexibility index (Phi) is 5.20. The third-order valence-corrected chi connectivity index (χ3v) is 6.79. The molecule has 2 aromatic carbocycles. The number of benzene rings is 2. The summed E-state index contributed by atoms with van der Waals surface area (Å²) in [5, 5.41) is 11.2. The molecule has 172 valence electrons. The van der Waals surface area contributed by atoms with Crippen LogP contribution < -0.4 is 11.4 Å². The van der Waals surface area contributed by atoms with E-state index < -0.39 is 31.8 Å². The highest BCUT2D eigenvalue weighted by molar-refractivity contribution is 7.92. The Labute approximate surface area is 185 Å². The highest BCUT2D eigenvalue weighted by Gasteiger charge is 2.46. The van der Waals surface area contributed by atoms with Crippen LogP contribution in [0.15, 0.2) is 64.4 Å². The van der Waals surface area contributed by atoms with Crippen molar-refractivity contribution in [2.45, 2.75) is 23.9 Å². The molecule has 0 aliphatic heterocycles. The molecular formula is C21H17F3N4O4S. The number of hydrogen-bond donors (Lipinski definition) is 2. The lowest BCUT2D eigenvalue weighted by atomic mass is 10.1. The van der Waals surface area contributed by atoms with Gasteiger partial charge in [-0.25, -0.2) is 17.8 Å². The van der Waals surface area contributed by atoms with Gasteiger partial charge >= 0.3 is 11.2 Å². The van der Waals surface area contributed by atoms with E-state index in [4.69, 9.17) is 5.73 Å². The van der Waals surface area contributed by atoms with Crippen molar-refractivity contribution < 1.29 is 26.7 Å². The van der Waals surface area contributed by atoms with Crippen molar-refractivity contribution in [3.8, 4) is 11.6 Å². The molecule has 8 nitrogen and oxygen atoms in total. The third-order valence-electron chi connectivity index (χ3n) is 5.29. The number of pyridine rings is 1. The molecule has 2 heterocycles. The maximum atomic E-state index is 13.1. The van der Waals surface area contributed by atoms with Gasteiger partial charge in [-0.05, 0) is 55.0 Å². The predicted molar refractivity (Wildman–Crippen MR) is 115 cm³/mol. The van der Waals surface area contributed by atoms with E-state index in [0.29, 0.717) is 22.2 Å². The van der Waals surface area contributed by atoms with Crippen LogP contribution in [0.3, 0.4) is 0 Å². The first-order valence-corrected chi connectivity index (χ1v) is 11.0. The van der Waals surface area contributed by atoms with Crippen molar-refractivity contribution >= 4 is 26.4 Å². The Morgan fingerprint density at radius 1 is 1.09 bits per heavy atom. The highest BCUT2D eigenvalue weighted by Crippen LogP contribution is 2.31. The Morgan fingerprint density at radius 3 is 2.39 bits per heavy atom. The van der Waals surface area contributed by atoms with Gasteiger partial charge in [0.15, 0.2) is 0 Å². The van der Waals surface area contributed by atoms with E-state index in [1.807, 2.05) is 0 Å². The molecule has 0 aliphatic rings. The number of hydrogen-bond acceptors (Lipinski definition) is 6. The molecule has 4 rings (SSSR count). The summed E-state index contributed by atoms with van der Waals surface area (Å²) in [5.74, 6) is -0.433. The molecule has 33 heavy (non-hydrogen) atoms. The number of alkyl halides is 3. The zero-order valence-corrected chi connectivity index (χ0v) is 17.9. The number of fused-ring (bicyclic) bond motifs is 1. The first-order chi connectivity index (χ1) is 15.4. The third kappa shape index (κ3) is 3.61. The van der Waals surface area contributed by atoms with Crippen LogP contribution in [0.25, 0.3) is 16.6 Å². The van der Waals surface area contributed by atoms with Gasteiger partial charge in [0, 0.05) is 17.3 Å². The normalized spacial score (nSPS) is 12.4. The first-order valence-electron chi connectivity index (χ1n) is 9.48. The van der Waals surface area contributed by atoms with Gasteiger partial charge in [0.05, 0.1) is 28.3 Å². The van der Waals surface area contributed by atoms with Crippen LogP contribution in [-0.2, 0) is 16.4 Å². The second kappa shape index (κ2) is 7.66. The van der Waals surface area contributed by atoms with Gasteiger partial charge in [-0.15, -0.1) is 0 Å². The van der Waals surface area contributed by atoms with E-state index in [1.54, 1.807) is 30.5 Å². The molecule has 2 aromatic heterocycles. The number of aromatic hydroxyl groups is 1. The molecule has 0 radical (unpaired) electrons. The van der Waals surface area contributed by atoms with Gasteiger partial charge in [0.2, 0.25) is 5.88 Å². The van der Waals surface area contributed by atoms with Crippen molar-refractivity contribution in [3.05, 3.63) is 76.5 Å². The molecule has 0 amide bonds. The number of nitrogens with zero attached hydrogens (tertiary/aromatic N) is 3. The number of anilines is 1. The Morgan fingerprint density at radius 2 is 1.76 bits per heavy atom. The van der Waals surface area contributed by atoms with Gasteiger partial charge in [-0.1, -0.05) is 6.07 Å². The summed E-state index contributed by atoms with van der Waals surface area (Å²) in [7, 11) is -5.54. The average Bonchev–Trinajstić information content (AvgIpc) is 2.96. The molecule has 3 N–H and O–H groups in total. The summed E-state index contributed by atoms with van der Waals surface area (Å²) in [4.78, 5) is 16.4. The summed E-state index contributed by atoms with van der Waals surface area (Å²) in [6.07, 6.45) is 1.56. The maximum absolute atomic E-state index is 13.1. The largest absolute Gasteiger partial charge is 0.501 e. The number of aromatic nitrogens is 3. The molecule has 0 aliphatic carbocycles. The van der Waals surface area contributed by atoms with Crippen molar-refractivity contribution in [2.24, 2.45) is 0 Å². The quantitative estimate of drug-likeness (QED) is 0.435. The Bertz CT molecular complexity index is 1530. The smallest absolute Gasteiger partial charge is 0.493 e. The van der Waals surface area contributed by atoms with Crippen molar-refractivity contribution in [2.75, 3.05) is 5.73 Å². The second-order valence-electron chi connectivity index (χ2n) is 7.27. The van der Waals surface area contributed by atoms with E-state index in [-0.39, 0.29) is 17.9 Å². The van der Waals surface area contributed by atoms with Crippen LogP contribution >= 0.6 is 0 Å². The minimum Gasteiger partial charge on any atom is -0.493 e. The standard InChI is InChI=1S/C21H17F3N4O4S/c1-12-19(29)28(14-5-7-15(8-6-14)33(31,32)21(22,23)24)20(30)27(12)11-13-9-10-26-17-4-2-3-16(25)18(13)17/h2-10,29H,11,25H2,1H3.